The van der Waals surface area contributed by atoms with Crippen LogP contribution in [0.3, 0.4) is 0 Å². The van der Waals surface area contributed by atoms with Crippen molar-refractivity contribution in [2.75, 3.05) is 26.0 Å². The minimum Gasteiger partial charge on any atom is -0.381 e. The third kappa shape index (κ3) is 3.81. The molecule has 0 aliphatic carbocycles. The second-order valence-corrected chi connectivity index (χ2v) is 7.37. The molecule has 1 aromatic carbocycles. The SMILES string of the molecule is CCNC(c1ccc(S(C)(=O)=O)cc1)C1CCCOC1. The minimum absolute atomic E-state index is 0.230. The number of sulfone groups is 1. The predicted octanol–water partition coefficient (Wildman–Crippen LogP) is 2.17. The van der Waals surface area contributed by atoms with Gasteiger partial charge in [0.05, 0.1) is 11.5 Å². The Labute approximate surface area is 121 Å². The van der Waals surface area contributed by atoms with Gasteiger partial charge in [0.25, 0.3) is 0 Å². The molecule has 1 saturated heterocycles. The van der Waals surface area contributed by atoms with E-state index < -0.39 is 9.84 Å². The highest BCUT2D eigenvalue weighted by Crippen LogP contribution is 2.29. The summed E-state index contributed by atoms with van der Waals surface area (Å²) in [5, 5.41) is 3.50. The Morgan fingerprint density at radius 1 is 1.35 bits per heavy atom. The van der Waals surface area contributed by atoms with Gasteiger partial charge in [0, 0.05) is 24.8 Å². The van der Waals surface area contributed by atoms with Crippen LogP contribution in [0.15, 0.2) is 29.2 Å². The summed E-state index contributed by atoms with van der Waals surface area (Å²) in [5.74, 6) is 0.452. The first-order valence-corrected chi connectivity index (χ1v) is 9.02. The summed E-state index contributed by atoms with van der Waals surface area (Å²) < 4.78 is 28.6. The van der Waals surface area contributed by atoms with Crippen molar-refractivity contribution in [3.8, 4) is 0 Å². The van der Waals surface area contributed by atoms with Gasteiger partial charge in [-0.15, -0.1) is 0 Å². The lowest BCUT2D eigenvalue weighted by atomic mass is 9.88. The number of hydrogen-bond donors (Lipinski definition) is 1. The Kier molecular flexibility index (Phi) is 5.18. The van der Waals surface area contributed by atoms with Crippen molar-refractivity contribution in [1.82, 2.24) is 5.32 Å². The lowest BCUT2D eigenvalue weighted by Crippen LogP contribution is -2.33. The van der Waals surface area contributed by atoms with E-state index in [0.717, 1.165) is 38.2 Å². The Hall–Kier alpha value is -0.910. The molecule has 112 valence electrons. The monoisotopic (exact) mass is 297 g/mol. The van der Waals surface area contributed by atoms with E-state index in [4.69, 9.17) is 4.74 Å². The summed E-state index contributed by atoms with van der Waals surface area (Å²) >= 11 is 0. The molecule has 0 radical (unpaired) electrons. The van der Waals surface area contributed by atoms with Crippen LogP contribution in [0.5, 0.6) is 0 Å². The molecule has 20 heavy (non-hydrogen) atoms. The van der Waals surface area contributed by atoms with E-state index in [0.29, 0.717) is 10.8 Å². The van der Waals surface area contributed by atoms with Gasteiger partial charge < -0.3 is 10.1 Å². The lowest BCUT2D eigenvalue weighted by Gasteiger charge is -2.31. The average molecular weight is 297 g/mol. The molecule has 1 aromatic rings. The van der Waals surface area contributed by atoms with E-state index in [1.807, 2.05) is 12.1 Å². The summed E-state index contributed by atoms with van der Waals surface area (Å²) in [6.07, 6.45) is 3.47. The highest BCUT2D eigenvalue weighted by Gasteiger charge is 2.25. The largest absolute Gasteiger partial charge is 0.381 e. The summed E-state index contributed by atoms with van der Waals surface area (Å²) in [5.41, 5.74) is 1.13. The van der Waals surface area contributed by atoms with Crippen LogP contribution in [-0.2, 0) is 14.6 Å². The van der Waals surface area contributed by atoms with Crippen molar-refractivity contribution < 1.29 is 13.2 Å². The standard InChI is InChI=1S/C15H23NO3S/c1-3-16-15(13-5-4-10-19-11-13)12-6-8-14(9-7-12)20(2,17)18/h6-9,13,15-16H,3-5,10-11H2,1-2H3. The molecule has 0 aromatic heterocycles. The summed E-state index contributed by atoms with van der Waals surface area (Å²) in [7, 11) is -3.13. The zero-order valence-electron chi connectivity index (χ0n) is 12.1. The van der Waals surface area contributed by atoms with Crippen molar-refractivity contribution >= 4 is 9.84 Å². The van der Waals surface area contributed by atoms with Gasteiger partial charge in [0.2, 0.25) is 0 Å². The maximum atomic E-state index is 11.5. The Bertz CT molecular complexity index is 519. The Morgan fingerprint density at radius 2 is 2.05 bits per heavy atom. The second-order valence-electron chi connectivity index (χ2n) is 5.35. The minimum atomic E-state index is -3.13. The van der Waals surface area contributed by atoms with Gasteiger partial charge in [-0.05, 0) is 37.1 Å². The van der Waals surface area contributed by atoms with E-state index in [1.165, 1.54) is 6.26 Å². The number of nitrogens with one attached hydrogen (secondary N) is 1. The smallest absolute Gasteiger partial charge is 0.175 e. The van der Waals surface area contributed by atoms with Gasteiger partial charge in [0.1, 0.15) is 0 Å². The molecule has 2 unspecified atom stereocenters. The molecule has 0 bridgehead atoms. The van der Waals surface area contributed by atoms with E-state index in [1.54, 1.807) is 12.1 Å². The van der Waals surface area contributed by atoms with Gasteiger partial charge in [-0.25, -0.2) is 8.42 Å². The molecule has 1 fully saturated rings. The van der Waals surface area contributed by atoms with E-state index in [9.17, 15) is 8.42 Å². The molecule has 1 aliphatic heterocycles. The predicted molar refractivity (Wildman–Crippen MR) is 79.5 cm³/mol. The summed E-state index contributed by atoms with van der Waals surface area (Å²) in [6.45, 7) is 4.59. The van der Waals surface area contributed by atoms with Crippen molar-refractivity contribution in [1.29, 1.82) is 0 Å². The van der Waals surface area contributed by atoms with Crippen LogP contribution < -0.4 is 5.32 Å². The van der Waals surface area contributed by atoms with Gasteiger partial charge >= 0.3 is 0 Å². The van der Waals surface area contributed by atoms with E-state index >= 15 is 0 Å². The molecule has 1 heterocycles. The summed E-state index contributed by atoms with van der Waals surface area (Å²) in [6, 6.07) is 7.45. The molecule has 4 nitrogen and oxygen atoms in total. The Morgan fingerprint density at radius 3 is 2.55 bits per heavy atom. The normalized spacial score (nSPS) is 21.6. The number of hydrogen-bond acceptors (Lipinski definition) is 4. The molecular weight excluding hydrogens is 274 g/mol. The van der Waals surface area contributed by atoms with Gasteiger partial charge in [-0.2, -0.15) is 0 Å². The third-order valence-corrected chi connectivity index (χ3v) is 4.89. The highest BCUT2D eigenvalue weighted by atomic mass is 32.2. The van der Waals surface area contributed by atoms with Gasteiger partial charge in [-0.1, -0.05) is 19.1 Å². The zero-order chi connectivity index (χ0) is 14.6. The lowest BCUT2D eigenvalue weighted by molar-refractivity contribution is 0.0393. The van der Waals surface area contributed by atoms with Crippen LogP contribution in [0.2, 0.25) is 0 Å². The number of ether oxygens (including phenoxy) is 1. The zero-order valence-corrected chi connectivity index (χ0v) is 12.9. The molecule has 0 amide bonds. The van der Waals surface area contributed by atoms with Crippen LogP contribution in [0.1, 0.15) is 31.4 Å². The molecule has 0 spiro atoms. The average Bonchev–Trinajstić information content (AvgIpc) is 2.45. The topological polar surface area (TPSA) is 55.4 Å². The summed E-state index contributed by atoms with van der Waals surface area (Å²) in [4.78, 5) is 0.372. The fourth-order valence-corrected chi connectivity index (χ4v) is 3.36. The van der Waals surface area contributed by atoms with E-state index in [2.05, 4.69) is 12.2 Å². The molecular formula is C15H23NO3S. The van der Waals surface area contributed by atoms with Crippen LogP contribution in [0, 0.1) is 5.92 Å². The van der Waals surface area contributed by atoms with Crippen LogP contribution in [-0.4, -0.2) is 34.4 Å². The maximum Gasteiger partial charge on any atom is 0.175 e. The molecule has 2 atom stereocenters. The first-order valence-electron chi connectivity index (χ1n) is 7.13. The van der Waals surface area contributed by atoms with Crippen molar-refractivity contribution in [2.24, 2.45) is 5.92 Å². The van der Waals surface area contributed by atoms with Crippen molar-refractivity contribution in [3.05, 3.63) is 29.8 Å². The first kappa shape index (κ1) is 15.5. The van der Waals surface area contributed by atoms with Crippen LogP contribution >= 0.6 is 0 Å². The van der Waals surface area contributed by atoms with Gasteiger partial charge in [0.15, 0.2) is 9.84 Å². The van der Waals surface area contributed by atoms with Crippen LogP contribution in [0.25, 0.3) is 0 Å². The Balaban J connectivity index is 2.20. The first-order chi connectivity index (χ1) is 9.52. The van der Waals surface area contributed by atoms with E-state index in [-0.39, 0.29) is 6.04 Å². The highest BCUT2D eigenvalue weighted by molar-refractivity contribution is 7.90. The second kappa shape index (κ2) is 6.70. The molecule has 1 N–H and O–H groups in total. The quantitative estimate of drug-likeness (QED) is 0.905. The maximum absolute atomic E-state index is 11.5. The van der Waals surface area contributed by atoms with Crippen molar-refractivity contribution in [3.63, 3.8) is 0 Å². The third-order valence-electron chi connectivity index (χ3n) is 3.76. The molecule has 5 heteroatoms. The number of rotatable bonds is 5. The molecule has 0 saturated carbocycles. The fraction of sp³-hybridized carbons (Fsp3) is 0.600. The van der Waals surface area contributed by atoms with Crippen molar-refractivity contribution in [2.45, 2.75) is 30.7 Å². The molecule has 1 aliphatic rings. The molecule has 2 rings (SSSR count). The number of benzene rings is 1. The van der Waals surface area contributed by atoms with Gasteiger partial charge in [-0.3, -0.25) is 0 Å². The van der Waals surface area contributed by atoms with Crippen LogP contribution in [0.4, 0.5) is 0 Å². The fourth-order valence-electron chi connectivity index (χ4n) is 2.73.